The molecule has 30 heavy (non-hydrogen) atoms. The quantitative estimate of drug-likeness (QED) is 0.641. The van der Waals surface area contributed by atoms with E-state index in [9.17, 15) is 0 Å². The van der Waals surface area contributed by atoms with Gasteiger partial charge in [0.1, 0.15) is 5.75 Å². The maximum absolute atomic E-state index is 6.01. The Bertz CT molecular complexity index is 802. The van der Waals surface area contributed by atoms with Crippen LogP contribution in [0.2, 0.25) is 0 Å². The van der Waals surface area contributed by atoms with E-state index in [0.29, 0.717) is 6.61 Å². The Labute approximate surface area is 180 Å². The molecule has 0 aliphatic carbocycles. The van der Waals surface area contributed by atoms with Crippen LogP contribution in [-0.4, -0.2) is 55.1 Å². The minimum Gasteiger partial charge on any atom is -0.494 e. The summed E-state index contributed by atoms with van der Waals surface area (Å²) in [5.74, 6) is 2.00. The van der Waals surface area contributed by atoms with Crippen LogP contribution < -0.4 is 10.1 Å². The van der Waals surface area contributed by atoms with Crippen LogP contribution in [0, 0.1) is 0 Å². The molecule has 0 spiro atoms. The molecular weight excluding hydrogens is 372 g/mol. The summed E-state index contributed by atoms with van der Waals surface area (Å²) in [6, 6.07) is 19.2. The SMILES string of the molecule is c1ccc(CN2CCN=C2NCCCOc2cccc(CN3CCCCC3)c2)cc1. The first-order valence-corrected chi connectivity index (χ1v) is 11.4. The first-order valence-electron chi connectivity index (χ1n) is 11.4. The van der Waals surface area contributed by atoms with Crippen molar-refractivity contribution in [2.24, 2.45) is 4.99 Å². The second-order valence-corrected chi connectivity index (χ2v) is 8.23. The maximum atomic E-state index is 6.01. The normalized spacial score (nSPS) is 17.1. The Morgan fingerprint density at radius 2 is 1.70 bits per heavy atom. The van der Waals surface area contributed by atoms with Crippen molar-refractivity contribution in [2.45, 2.75) is 38.8 Å². The van der Waals surface area contributed by atoms with E-state index < -0.39 is 0 Å². The lowest BCUT2D eigenvalue weighted by atomic mass is 10.1. The Balaban J connectivity index is 1.16. The number of guanidine groups is 1. The van der Waals surface area contributed by atoms with Gasteiger partial charge in [-0.05, 0) is 55.6 Å². The average Bonchev–Trinajstić information content (AvgIpc) is 3.22. The van der Waals surface area contributed by atoms with E-state index >= 15 is 0 Å². The highest BCUT2D eigenvalue weighted by atomic mass is 16.5. The Morgan fingerprint density at radius 3 is 2.57 bits per heavy atom. The van der Waals surface area contributed by atoms with E-state index in [2.05, 4.69) is 74.7 Å². The van der Waals surface area contributed by atoms with Gasteiger partial charge in [0.05, 0.1) is 13.2 Å². The zero-order chi connectivity index (χ0) is 20.4. The monoisotopic (exact) mass is 406 g/mol. The highest BCUT2D eigenvalue weighted by Gasteiger charge is 2.16. The molecule has 2 heterocycles. The van der Waals surface area contributed by atoms with E-state index in [1.165, 1.54) is 43.5 Å². The number of nitrogens with one attached hydrogen (secondary N) is 1. The zero-order valence-corrected chi connectivity index (χ0v) is 17.9. The molecule has 5 nitrogen and oxygen atoms in total. The van der Waals surface area contributed by atoms with Crippen molar-refractivity contribution >= 4 is 5.96 Å². The van der Waals surface area contributed by atoms with Crippen LogP contribution in [-0.2, 0) is 13.1 Å². The van der Waals surface area contributed by atoms with Gasteiger partial charge in [-0.2, -0.15) is 0 Å². The number of ether oxygens (including phenoxy) is 1. The van der Waals surface area contributed by atoms with Gasteiger partial charge in [0.15, 0.2) is 5.96 Å². The van der Waals surface area contributed by atoms with Gasteiger partial charge < -0.3 is 15.0 Å². The number of piperidine rings is 1. The van der Waals surface area contributed by atoms with Gasteiger partial charge in [0.2, 0.25) is 0 Å². The van der Waals surface area contributed by atoms with Gasteiger partial charge in [0, 0.05) is 26.2 Å². The number of benzene rings is 2. The van der Waals surface area contributed by atoms with Gasteiger partial charge in [-0.15, -0.1) is 0 Å². The molecule has 0 bridgehead atoms. The molecule has 2 aromatic carbocycles. The van der Waals surface area contributed by atoms with Crippen LogP contribution in [0.5, 0.6) is 5.75 Å². The fourth-order valence-electron chi connectivity index (χ4n) is 4.18. The smallest absolute Gasteiger partial charge is 0.194 e. The van der Waals surface area contributed by atoms with Crippen molar-refractivity contribution < 1.29 is 4.74 Å². The predicted molar refractivity (Wildman–Crippen MR) is 123 cm³/mol. The van der Waals surface area contributed by atoms with Crippen molar-refractivity contribution in [2.75, 3.05) is 39.3 Å². The number of hydrogen-bond acceptors (Lipinski definition) is 5. The molecule has 1 fully saturated rings. The Kier molecular flexibility index (Phi) is 7.62. The van der Waals surface area contributed by atoms with Crippen molar-refractivity contribution in [3.05, 3.63) is 65.7 Å². The summed E-state index contributed by atoms with van der Waals surface area (Å²) in [6.07, 6.45) is 4.99. The molecular formula is C25H34N4O. The minimum atomic E-state index is 0.714. The van der Waals surface area contributed by atoms with Crippen LogP contribution in [0.25, 0.3) is 0 Å². The largest absolute Gasteiger partial charge is 0.494 e. The van der Waals surface area contributed by atoms with Crippen molar-refractivity contribution in [3.63, 3.8) is 0 Å². The number of nitrogens with zero attached hydrogens (tertiary/aromatic N) is 3. The Morgan fingerprint density at radius 1 is 0.867 bits per heavy atom. The molecule has 0 aromatic heterocycles. The molecule has 0 atom stereocenters. The molecule has 0 radical (unpaired) electrons. The third kappa shape index (κ3) is 6.23. The second-order valence-electron chi connectivity index (χ2n) is 8.23. The molecule has 5 heteroatoms. The standard InChI is InChI=1S/C25H34N4O/c1-3-9-22(10-4-1)21-29-17-14-27-25(29)26-13-8-18-30-24-12-7-11-23(19-24)20-28-15-5-2-6-16-28/h1,3-4,7,9-12,19H,2,5-6,8,13-18,20-21H2,(H,26,27). The van der Waals surface area contributed by atoms with Crippen LogP contribution in [0.1, 0.15) is 36.8 Å². The average molecular weight is 407 g/mol. The number of aliphatic imine (C=N–C) groups is 1. The molecule has 160 valence electrons. The molecule has 1 N–H and O–H groups in total. The summed E-state index contributed by atoms with van der Waals surface area (Å²) in [4.78, 5) is 9.49. The fourth-order valence-corrected chi connectivity index (χ4v) is 4.18. The fraction of sp³-hybridized carbons (Fsp3) is 0.480. The van der Waals surface area contributed by atoms with Gasteiger partial charge in [0.25, 0.3) is 0 Å². The van der Waals surface area contributed by atoms with Crippen LogP contribution in [0.4, 0.5) is 0 Å². The molecule has 4 rings (SSSR count). The number of hydrogen-bond donors (Lipinski definition) is 1. The van der Waals surface area contributed by atoms with Gasteiger partial charge in [-0.1, -0.05) is 48.9 Å². The number of likely N-dealkylation sites (tertiary alicyclic amines) is 1. The lowest BCUT2D eigenvalue weighted by molar-refractivity contribution is 0.220. The summed E-state index contributed by atoms with van der Waals surface area (Å²) in [5.41, 5.74) is 2.67. The number of rotatable bonds is 9. The predicted octanol–water partition coefficient (Wildman–Crippen LogP) is 3.90. The maximum Gasteiger partial charge on any atom is 0.194 e. The Hall–Kier alpha value is -2.53. The summed E-state index contributed by atoms with van der Waals surface area (Å²) in [6.45, 7) is 7.84. The second kappa shape index (κ2) is 11.0. The molecule has 0 unspecified atom stereocenters. The van der Waals surface area contributed by atoms with E-state index in [4.69, 9.17) is 4.74 Å². The first kappa shape index (κ1) is 20.7. The third-order valence-electron chi connectivity index (χ3n) is 5.77. The summed E-state index contributed by atoms with van der Waals surface area (Å²) < 4.78 is 6.01. The lowest BCUT2D eigenvalue weighted by Crippen LogP contribution is -2.38. The molecule has 2 aromatic rings. The van der Waals surface area contributed by atoms with Crippen LogP contribution in [0.15, 0.2) is 59.6 Å². The summed E-state index contributed by atoms with van der Waals surface area (Å²) >= 11 is 0. The first-order chi connectivity index (χ1) is 14.9. The minimum absolute atomic E-state index is 0.714. The zero-order valence-electron chi connectivity index (χ0n) is 17.9. The molecule has 0 saturated carbocycles. The van der Waals surface area contributed by atoms with E-state index in [1.54, 1.807) is 0 Å². The van der Waals surface area contributed by atoms with Crippen molar-refractivity contribution in [1.29, 1.82) is 0 Å². The molecule has 2 aliphatic rings. The summed E-state index contributed by atoms with van der Waals surface area (Å²) in [5, 5.41) is 3.49. The highest BCUT2D eigenvalue weighted by Crippen LogP contribution is 2.17. The molecule has 1 saturated heterocycles. The highest BCUT2D eigenvalue weighted by molar-refractivity contribution is 5.81. The van der Waals surface area contributed by atoms with E-state index in [0.717, 1.165) is 50.9 Å². The van der Waals surface area contributed by atoms with Gasteiger partial charge >= 0.3 is 0 Å². The lowest BCUT2D eigenvalue weighted by Gasteiger charge is -2.26. The third-order valence-corrected chi connectivity index (χ3v) is 5.77. The van der Waals surface area contributed by atoms with E-state index in [1.807, 2.05) is 0 Å². The van der Waals surface area contributed by atoms with Gasteiger partial charge in [-0.25, -0.2) is 0 Å². The molecule has 0 amide bonds. The molecule has 2 aliphatic heterocycles. The van der Waals surface area contributed by atoms with Gasteiger partial charge in [-0.3, -0.25) is 9.89 Å². The van der Waals surface area contributed by atoms with E-state index in [-0.39, 0.29) is 0 Å². The topological polar surface area (TPSA) is 40.1 Å². The van der Waals surface area contributed by atoms with Crippen LogP contribution in [0.3, 0.4) is 0 Å². The van der Waals surface area contributed by atoms with Crippen LogP contribution >= 0.6 is 0 Å². The van der Waals surface area contributed by atoms with Crippen molar-refractivity contribution in [3.8, 4) is 5.75 Å². The van der Waals surface area contributed by atoms with Crippen molar-refractivity contribution in [1.82, 2.24) is 15.1 Å². The summed E-state index contributed by atoms with van der Waals surface area (Å²) in [7, 11) is 0.